The summed E-state index contributed by atoms with van der Waals surface area (Å²) in [5, 5.41) is 10.1. The van der Waals surface area contributed by atoms with Gasteiger partial charge in [-0.15, -0.1) is 5.10 Å². The van der Waals surface area contributed by atoms with Crippen LogP contribution in [-0.2, 0) is 6.18 Å². The van der Waals surface area contributed by atoms with Crippen LogP contribution in [0.4, 0.5) is 13.2 Å². The van der Waals surface area contributed by atoms with Gasteiger partial charge in [0.25, 0.3) is 5.91 Å². The molecule has 12 heteroatoms. The van der Waals surface area contributed by atoms with Crippen LogP contribution < -0.4 is 5.76 Å². The molecule has 7 nitrogen and oxygen atoms in total. The molecule has 2 aromatic carbocycles. The molecule has 0 aliphatic rings. The third-order valence-electron chi connectivity index (χ3n) is 4.05. The van der Waals surface area contributed by atoms with Crippen LogP contribution in [0.15, 0.2) is 45.6 Å². The number of H-pyrrole nitrogens is 1. The highest BCUT2D eigenvalue weighted by Crippen LogP contribution is 2.36. The molecule has 2 aromatic heterocycles. The molecule has 0 saturated carbocycles. The SMILES string of the molecule is O=C(c1c(Cl)cccc1C(F)(F)F)n1nc(I)c2ccc(-c3n[nH]c(=O)o3)cc21. The summed E-state index contributed by atoms with van der Waals surface area (Å²) < 4.78 is 46.4. The number of alkyl halides is 3. The number of hydrogen-bond donors (Lipinski definition) is 1. The van der Waals surface area contributed by atoms with E-state index in [0.29, 0.717) is 14.7 Å². The molecule has 1 N–H and O–H groups in total. The van der Waals surface area contributed by atoms with Gasteiger partial charge in [-0.1, -0.05) is 17.7 Å². The molecule has 0 spiro atoms. The predicted molar refractivity (Wildman–Crippen MR) is 105 cm³/mol. The molecule has 0 fully saturated rings. The minimum absolute atomic E-state index is 0.0409. The number of carbonyl (C=O) groups is 1. The standard InChI is InChI=1S/C17H7ClF3IN4O3/c18-10-3-1-2-9(17(19,20)21)12(10)15(27)26-11-6-7(14-23-24-16(28)29-14)4-5-8(11)13(22)25-26/h1-6H,(H,24,28). The molecule has 0 aliphatic heterocycles. The summed E-state index contributed by atoms with van der Waals surface area (Å²) in [4.78, 5) is 24.2. The molecule has 2 heterocycles. The number of nitrogens with zero attached hydrogens (tertiary/aromatic N) is 3. The second kappa shape index (κ2) is 6.99. The summed E-state index contributed by atoms with van der Waals surface area (Å²) in [5.74, 6) is -1.86. The van der Waals surface area contributed by atoms with Crippen molar-refractivity contribution in [3.05, 3.63) is 66.8 Å². The Labute approximate surface area is 177 Å². The lowest BCUT2D eigenvalue weighted by molar-refractivity contribution is -0.137. The summed E-state index contributed by atoms with van der Waals surface area (Å²) >= 11 is 7.80. The number of fused-ring (bicyclic) bond motifs is 1. The zero-order valence-electron chi connectivity index (χ0n) is 13.9. The van der Waals surface area contributed by atoms with E-state index >= 15 is 0 Å². The number of nitrogens with one attached hydrogen (secondary N) is 1. The fourth-order valence-electron chi connectivity index (χ4n) is 2.80. The van der Waals surface area contributed by atoms with Crippen LogP contribution in [0.1, 0.15) is 15.9 Å². The molecule has 0 bridgehead atoms. The van der Waals surface area contributed by atoms with E-state index in [1.807, 2.05) is 22.6 Å². The Morgan fingerprint density at radius 2 is 2.00 bits per heavy atom. The predicted octanol–water partition coefficient (Wildman–Crippen LogP) is 4.34. The summed E-state index contributed by atoms with van der Waals surface area (Å²) in [7, 11) is 0. The van der Waals surface area contributed by atoms with Gasteiger partial charge in [0, 0.05) is 10.9 Å². The Kier molecular flexibility index (Phi) is 4.73. The van der Waals surface area contributed by atoms with Crippen LogP contribution in [0.25, 0.3) is 22.4 Å². The van der Waals surface area contributed by atoms with Crippen molar-refractivity contribution in [2.45, 2.75) is 6.18 Å². The summed E-state index contributed by atoms with van der Waals surface area (Å²) in [6, 6.07) is 7.70. The van der Waals surface area contributed by atoms with Crippen molar-refractivity contribution in [2.75, 3.05) is 0 Å². The molecule has 0 saturated heterocycles. The van der Waals surface area contributed by atoms with E-state index in [4.69, 9.17) is 16.0 Å². The van der Waals surface area contributed by atoms with Crippen molar-refractivity contribution in [2.24, 2.45) is 0 Å². The molecular weight excluding hydrogens is 528 g/mol. The minimum Gasteiger partial charge on any atom is -0.388 e. The van der Waals surface area contributed by atoms with E-state index in [9.17, 15) is 22.8 Å². The van der Waals surface area contributed by atoms with Gasteiger partial charge < -0.3 is 4.42 Å². The van der Waals surface area contributed by atoms with Crippen LogP contribution in [0.3, 0.4) is 0 Å². The van der Waals surface area contributed by atoms with Crippen LogP contribution in [0, 0.1) is 3.70 Å². The number of hydrogen-bond acceptors (Lipinski definition) is 5. The lowest BCUT2D eigenvalue weighted by Gasteiger charge is -2.13. The Balaban J connectivity index is 1.93. The zero-order valence-corrected chi connectivity index (χ0v) is 16.8. The average Bonchev–Trinajstić information content (AvgIpc) is 3.23. The molecule has 0 unspecified atom stereocenters. The molecule has 0 aliphatic carbocycles. The molecule has 148 valence electrons. The molecule has 4 aromatic rings. The van der Waals surface area contributed by atoms with Gasteiger partial charge in [0.15, 0.2) is 0 Å². The monoisotopic (exact) mass is 534 g/mol. The van der Waals surface area contributed by atoms with Gasteiger partial charge in [-0.05, 0) is 52.9 Å². The Morgan fingerprint density at radius 1 is 1.24 bits per heavy atom. The quantitative estimate of drug-likeness (QED) is 0.386. The number of halogens is 5. The summed E-state index contributed by atoms with van der Waals surface area (Å²) in [6.45, 7) is 0. The fourth-order valence-corrected chi connectivity index (χ4v) is 3.73. The number of aromatic amines is 1. The summed E-state index contributed by atoms with van der Waals surface area (Å²) in [5.41, 5.74) is -1.34. The first-order valence-corrected chi connectivity index (χ1v) is 9.27. The Hall–Kier alpha value is -2.67. The minimum atomic E-state index is -4.78. The maximum absolute atomic E-state index is 13.4. The van der Waals surface area contributed by atoms with Gasteiger partial charge in [0.05, 0.1) is 21.7 Å². The van der Waals surface area contributed by atoms with Crippen LogP contribution >= 0.6 is 34.2 Å². The molecule has 0 amide bonds. The van der Waals surface area contributed by atoms with Gasteiger partial charge in [-0.2, -0.15) is 23.0 Å². The van der Waals surface area contributed by atoms with Gasteiger partial charge in [0.1, 0.15) is 3.70 Å². The highest BCUT2D eigenvalue weighted by Gasteiger charge is 2.37. The van der Waals surface area contributed by atoms with Gasteiger partial charge in [-0.25, -0.2) is 9.89 Å². The van der Waals surface area contributed by atoms with Gasteiger partial charge in [0.2, 0.25) is 5.89 Å². The van der Waals surface area contributed by atoms with Crippen molar-refractivity contribution >= 4 is 51.0 Å². The molecule has 0 atom stereocenters. The third kappa shape index (κ3) is 3.44. The lowest BCUT2D eigenvalue weighted by Crippen LogP contribution is -2.20. The van der Waals surface area contributed by atoms with Crippen molar-refractivity contribution in [3.8, 4) is 11.5 Å². The number of aromatic nitrogens is 4. The van der Waals surface area contributed by atoms with Crippen molar-refractivity contribution in [1.29, 1.82) is 0 Å². The number of rotatable bonds is 2. The molecule has 0 radical (unpaired) electrons. The number of carbonyl (C=O) groups excluding carboxylic acids is 1. The third-order valence-corrected chi connectivity index (χ3v) is 5.16. The van der Waals surface area contributed by atoms with E-state index < -0.39 is 29.0 Å². The first-order chi connectivity index (χ1) is 13.7. The highest BCUT2D eigenvalue weighted by atomic mass is 127. The Bertz CT molecular complexity index is 1330. The number of benzene rings is 2. The second-order valence-corrected chi connectivity index (χ2v) is 7.25. The average molecular weight is 535 g/mol. The fraction of sp³-hybridized carbons (Fsp3) is 0.0588. The van der Waals surface area contributed by atoms with Crippen molar-refractivity contribution in [3.63, 3.8) is 0 Å². The van der Waals surface area contributed by atoms with Crippen molar-refractivity contribution < 1.29 is 22.4 Å². The van der Waals surface area contributed by atoms with Crippen molar-refractivity contribution in [1.82, 2.24) is 20.0 Å². The topological polar surface area (TPSA) is 93.8 Å². The largest absolute Gasteiger partial charge is 0.434 e. The van der Waals surface area contributed by atoms with E-state index in [1.165, 1.54) is 12.1 Å². The maximum atomic E-state index is 13.4. The second-order valence-electron chi connectivity index (χ2n) is 5.82. The summed E-state index contributed by atoms with van der Waals surface area (Å²) in [6.07, 6.45) is -4.78. The van der Waals surface area contributed by atoms with Crippen LogP contribution in [0.5, 0.6) is 0 Å². The van der Waals surface area contributed by atoms with Gasteiger partial charge in [-0.3, -0.25) is 4.79 Å². The molecule has 4 rings (SSSR count). The highest BCUT2D eigenvalue weighted by molar-refractivity contribution is 14.1. The molecular formula is C17H7ClF3IN4O3. The van der Waals surface area contributed by atoms with E-state index in [2.05, 4.69) is 15.3 Å². The zero-order chi connectivity index (χ0) is 20.9. The van der Waals surface area contributed by atoms with Crippen LogP contribution in [-0.4, -0.2) is 25.9 Å². The molecule has 29 heavy (non-hydrogen) atoms. The normalized spacial score (nSPS) is 11.9. The van der Waals surface area contributed by atoms with E-state index in [-0.39, 0.29) is 16.4 Å². The van der Waals surface area contributed by atoms with Gasteiger partial charge >= 0.3 is 11.9 Å². The first kappa shape index (κ1) is 19.6. The lowest BCUT2D eigenvalue weighted by atomic mass is 10.1. The first-order valence-electron chi connectivity index (χ1n) is 7.81. The Morgan fingerprint density at radius 3 is 2.66 bits per heavy atom. The van der Waals surface area contributed by atoms with E-state index in [0.717, 1.165) is 16.8 Å². The maximum Gasteiger partial charge on any atom is 0.434 e. The van der Waals surface area contributed by atoms with E-state index in [1.54, 1.807) is 12.1 Å². The van der Waals surface area contributed by atoms with Crippen LogP contribution in [0.2, 0.25) is 5.02 Å². The smallest absolute Gasteiger partial charge is 0.388 e.